The third-order valence-corrected chi connectivity index (χ3v) is 3.53. The lowest BCUT2D eigenvalue weighted by Gasteiger charge is -2.34. The highest BCUT2D eigenvalue weighted by molar-refractivity contribution is 9.10. The van der Waals surface area contributed by atoms with Crippen LogP contribution in [0.4, 0.5) is 0 Å². The molecular weight excluding hydrogens is 246 g/mol. The Kier molecular flexibility index (Phi) is 4.89. The van der Waals surface area contributed by atoms with Gasteiger partial charge >= 0.3 is 0 Å². The molecule has 1 heterocycles. The summed E-state index contributed by atoms with van der Waals surface area (Å²) in [7, 11) is 1.69. The van der Waals surface area contributed by atoms with Gasteiger partial charge in [0.2, 0.25) is 5.91 Å². The highest BCUT2D eigenvalue weighted by Gasteiger charge is 2.29. The molecule has 0 bridgehead atoms. The minimum Gasteiger partial charge on any atom is -0.385 e. The van der Waals surface area contributed by atoms with E-state index in [2.05, 4.69) is 22.9 Å². The van der Waals surface area contributed by atoms with Crippen molar-refractivity contribution < 1.29 is 9.53 Å². The number of rotatable bonds is 4. The highest BCUT2D eigenvalue weighted by Crippen LogP contribution is 2.21. The monoisotopic (exact) mass is 263 g/mol. The van der Waals surface area contributed by atoms with E-state index in [9.17, 15) is 4.79 Å². The number of methoxy groups -OCH3 is 1. The van der Waals surface area contributed by atoms with Gasteiger partial charge in [-0.15, -0.1) is 0 Å². The van der Waals surface area contributed by atoms with Gasteiger partial charge in [-0.1, -0.05) is 15.9 Å². The number of piperidine rings is 1. The molecule has 3 nitrogen and oxygen atoms in total. The third kappa shape index (κ3) is 2.95. The molecule has 1 aliphatic rings. The fourth-order valence-corrected chi connectivity index (χ4v) is 2.32. The van der Waals surface area contributed by atoms with Gasteiger partial charge in [-0.3, -0.25) is 4.79 Å². The summed E-state index contributed by atoms with van der Waals surface area (Å²) in [5, 5.41) is 0. The van der Waals surface area contributed by atoms with Gasteiger partial charge in [0.25, 0.3) is 0 Å². The SMILES string of the molecule is COCCC(C)N1CCCC(Br)C1=O. The van der Waals surface area contributed by atoms with Crippen molar-refractivity contribution in [3.8, 4) is 0 Å². The number of amides is 1. The molecule has 1 rings (SSSR count). The molecule has 0 saturated carbocycles. The molecule has 4 heteroatoms. The van der Waals surface area contributed by atoms with Crippen molar-refractivity contribution >= 4 is 21.8 Å². The standard InChI is InChI=1S/C10H18BrNO2/c1-8(5-7-14-2)12-6-3-4-9(11)10(12)13/h8-9H,3-7H2,1-2H3. The largest absolute Gasteiger partial charge is 0.385 e. The molecule has 0 aromatic heterocycles. The minimum absolute atomic E-state index is 0.0289. The van der Waals surface area contributed by atoms with Crippen LogP contribution < -0.4 is 0 Å². The van der Waals surface area contributed by atoms with Gasteiger partial charge in [-0.2, -0.15) is 0 Å². The van der Waals surface area contributed by atoms with E-state index in [1.165, 1.54) is 0 Å². The molecule has 0 radical (unpaired) electrons. The number of hydrogen-bond donors (Lipinski definition) is 0. The Balaban J connectivity index is 2.44. The number of hydrogen-bond acceptors (Lipinski definition) is 2. The zero-order valence-electron chi connectivity index (χ0n) is 8.83. The molecule has 0 aliphatic carbocycles. The van der Waals surface area contributed by atoms with Crippen molar-refractivity contribution in [2.45, 2.75) is 37.1 Å². The molecule has 1 amide bonds. The van der Waals surface area contributed by atoms with Crippen molar-refractivity contribution in [2.75, 3.05) is 20.3 Å². The maximum Gasteiger partial charge on any atom is 0.236 e. The number of carbonyl (C=O) groups is 1. The topological polar surface area (TPSA) is 29.5 Å². The molecule has 0 spiro atoms. The summed E-state index contributed by atoms with van der Waals surface area (Å²) in [6.07, 6.45) is 2.98. The van der Waals surface area contributed by atoms with Crippen LogP contribution in [0.25, 0.3) is 0 Å². The van der Waals surface area contributed by atoms with Crippen molar-refractivity contribution in [1.82, 2.24) is 4.90 Å². The summed E-state index contributed by atoms with van der Waals surface area (Å²) in [6.45, 7) is 3.70. The fraction of sp³-hybridized carbons (Fsp3) is 0.900. The first-order chi connectivity index (χ1) is 6.66. The zero-order chi connectivity index (χ0) is 10.6. The smallest absolute Gasteiger partial charge is 0.236 e. The van der Waals surface area contributed by atoms with Crippen molar-refractivity contribution in [3.63, 3.8) is 0 Å². The Bertz CT molecular complexity index is 199. The van der Waals surface area contributed by atoms with Crippen molar-refractivity contribution in [3.05, 3.63) is 0 Å². The Labute approximate surface area is 93.9 Å². The number of halogens is 1. The van der Waals surface area contributed by atoms with Crippen LogP contribution in [-0.4, -0.2) is 41.9 Å². The van der Waals surface area contributed by atoms with E-state index in [0.717, 1.165) is 32.4 Å². The third-order valence-electron chi connectivity index (χ3n) is 2.68. The molecule has 0 aromatic carbocycles. The summed E-state index contributed by atoms with van der Waals surface area (Å²) in [5.74, 6) is 0.236. The quantitative estimate of drug-likeness (QED) is 0.724. The summed E-state index contributed by atoms with van der Waals surface area (Å²) in [4.78, 5) is 13.8. The number of carbonyl (C=O) groups excluding carboxylic acids is 1. The summed E-state index contributed by atoms with van der Waals surface area (Å²) < 4.78 is 5.02. The molecule has 0 aromatic rings. The van der Waals surface area contributed by atoms with E-state index in [1.54, 1.807) is 7.11 Å². The van der Waals surface area contributed by atoms with Gasteiger partial charge in [-0.25, -0.2) is 0 Å². The Morgan fingerprint density at radius 2 is 2.43 bits per heavy atom. The van der Waals surface area contributed by atoms with E-state index in [1.807, 2.05) is 4.90 Å². The molecule has 14 heavy (non-hydrogen) atoms. The van der Waals surface area contributed by atoms with Crippen molar-refractivity contribution in [1.29, 1.82) is 0 Å². The van der Waals surface area contributed by atoms with Gasteiger partial charge < -0.3 is 9.64 Å². The fourth-order valence-electron chi connectivity index (χ4n) is 1.74. The number of nitrogens with zero attached hydrogens (tertiary/aromatic N) is 1. The minimum atomic E-state index is 0.0289. The average Bonchev–Trinajstić information content (AvgIpc) is 2.18. The molecule has 82 valence electrons. The van der Waals surface area contributed by atoms with Gasteiger partial charge in [0.05, 0.1) is 4.83 Å². The van der Waals surface area contributed by atoms with Crippen LogP contribution in [0, 0.1) is 0 Å². The zero-order valence-corrected chi connectivity index (χ0v) is 10.4. The molecule has 1 saturated heterocycles. The van der Waals surface area contributed by atoms with Crippen LogP contribution in [0.1, 0.15) is 26.2 Å². The maximum atomic E-state index is 11.8. The van der Waals surface area contributed by atoms with Crippen LogP contribution in [0.2, 0.25) is 0 Å². The number of ether oxygens (including phenoxy) is 1. The first kappa shape index (κ1) is 12.0. The van der Waals surface area contributed by atoms with Crippen LogP contribution in [0.5, 0.6) is 0 Å². The van der Waals surface area contributed by atoms with Crippen LogP contribution in [0.15, 0.2) is 0 Å². The van der Waals surface area contributed by atoms with Crippen LogP contribution >= 0.6 is 15.9 Å². The Hall–Kier alpha value is -0.0900. The van der Waals surface area contributed by atoms with E-state index in [4.69, 9.17) is 4.74 Å². The molecular formula is C10H18BrNO2. The Morgan fingerprint density at radius 1 is 1.71 bits per heavy atom. The molecule has 1 aliphatic heterocycles. The lowest BCUT2D eigenvalue weighted by atomic mass is 10.1. The van der Waals surface area contributed by atoms with Gasteiger partial charge in [-0.05, 0) is 26.2 Å². The van der Waals surface area contributed by atoms with E-state index in [0.29, 0.717) is 6.04 Å². The molecule has 0 N–H and O–H groups in total. The van der Waals surface area contributed by atoms with E-state index < -0.39 is 0 Å². The first-order valence-corrected chi connectivity index (χ1v) is 6.02. The van der Waals surface area contributed by atoms with Gasteiger partial charge in [0.1, 0.15) is 0 Å². The Morgan fingerprint density at radius 3 is 3.07 bits per heavy atom. The first-order valence-electron chi connectivity index (χ1n) is 5.10. The average molecular weight is 264 g/mol. The van der Waals surface area contributed by atoms with E-state index >= 15 is 0 Å². The molecule has 2 atom stereocenters. The van der Waals surface area contributed by atoms with Gasteiger partial charge in [0, 0.05) is 26.3 Å². The molecule has 2 unspecified atom stereocenters. The summed E-state index contributed by atoms with van der Waals surface area (Å²) in [6, 6.07) is 0.294. The van der Waals surface area contributed by atoms with E-state index in [-0.39, 0.29) is 10.7 Å². The molecule has 1 fully saturated rings. The lowest BCUT2D eigenvalue weighted by Crippen LogP contribution is -2.46. The summed E-state index contributed by atoms with van der Waals surface area (Å²) >= 11 is 3.41. The van der Waals surface area contributed by atoms with Gasteiger partial charge in [0.15, 0.2) is 0 Å². The lowest BCUT2D eigenvalue weighted by molar-refractivity contribution is -0.134. The maximum absolute atomic E-state index is 11.8. The predicted molar refractivity (Wildman–Crippen MR) is 59.6 cm³/mol. The summed E-state index contributed by atoms with van der Waals surface area (Å²) in [5.41, 5.74) is 0. The normalized spacial score (nSPS) is 25.2. The predicted octanol–water partition coefficient (Wildman–Crippen LogP) is 1.80. The van der Waals surface area contributed by atoms with Crippen LogP contribution in [-0.2, 0) is 9.53 Å². The second-order valence-electron chi connectivity index (χ2n) is 3.77. The second-order valence-corrected chi connectivity index (χ2v) is 4.88. The second kappa shape index (κ2) is 5.71. The number of alkyl halides is 1. The van der Waals surface area contributed by atoms with Crippen molar-refractivity contribution in [2.24, 2.45) is 0 Å². The van der Waals surface area contributed by atoms with Crippen LogP contribution in [0.3, 0.4) is 0 Å². The highest BCUT2D eigenvalue weighted by atomic mass is 79.9. The number of likely N-dealkylation sites (tertiary alicyclic amines) is 1.